The van der Waals surface area contributed by atoms with Gasteiger partial charge >= 0.3 is 6.61 Å². The van der Waals surface area contributed by atoms with Crippen LogP contribution in [-0.4, -0.2) is 36.0 Å². The molecular weight excluding hydrogens is 254 g/mol. The van der Waals surface area contributed by atoms with Gasteiger partial charge in [-0.15, -0.1) is 0 Å². The van der Waals surface area contributed by atoms with Crippen molar-refractivity contribution in [2.75, 3.05) is 13.1 Å². The molecule has 2 rings (SSSR count). The molecule has 0 bridgehead atoms. The fraction of sp³-hybridized carbons (Fsp3) is 0.462. The van der Waals surface area contributed by atoms with Gasteiger partial charge in [0.05, 0.1) is 5.54 Å². The molecule has 1 fully saturated rings. The summed E-state index contributed by atoms with van der Waals surface area (Å²) in [6.07, 6.45) is 0.797. The Bertz CT molecular complexity index is 473. The second-order valence-corrected chi connectivity index (χ2v) is 4.78. The average molecular weight is 270 g/mol. The molecule has 1 aliphatic heterocycles. The number of hydrogen-bond acceptors (Lipinski definition) is 3. The molecule has 104 valence electrons. The summed E-state index contributed by atoms with van der Waals surface area (Å²) in [6.45, 7) is 0.0508. The molecule has 0 radical (unpaired) electrons. The SMILES string of the molecule is CCC1(N)CN(C(=O)c2cccc(OC(F)F)c2)C1. The van der Waals surface area contributed by atoms with Crippen LogP contribution >= 0.6 is 0 Å². The van der Waals surface area contributed by atoms with E-state index in [9.17, 15) is 13.6 Å². The van der Waals surface area contributed by atoms with Gasteiger partial charge in [0.2, 0.25) is 0 Å². The number of carbonyl (C=O) groups excluding carboxylic acids is 1. The maximum Gasteiger partial charge on any atom is 0.387 e. The first kappa shape index (κ1) is 13.7. The Morgan fingerprint density at radius 1 is 1.53 bits per heavy atom. The van der Waals surface area contributed by atoms with Crippen LogP contribution in [0.25, 0.3) is 0 Å². The molecule has 1 amide bonds. The molecule has 6 heteroatoms. The largest absolute Gasteiger partial charge is 0.435 e. The van der Waals surface area contributed by atoms with E-state index in [4.69, 9.17) is 5.73 Å². The summed E-state index contributed by atoms with van der Waals surface area (Å²) in [5.74, 6) is -0.231. The summed E-state index contributed by atoms with van der Waals surface area (Å²) in [5, 5.41) is 0. The van der Waals surface area contributed by atoms with Gasteiger partial charge < -0.3 is 15.4 Å². The Labute approximate surface area is 110 Å². The van der Waals surface area contributed by atoms with E-state index >= 15 is 0 Å². The molecule has 0 spiro atoms. The van der Waals surface area contributed by atoms with E-state index in [1.165, 1.54) is 18.2 Å². The van der Waals surface area contributed by atoms with Gasteiger partial charge in [-0.05, 0) is 24.6 Å². The van der Waals surface area contributed by atoms with Crippen molar-refractivity contribution in [1.82, 2.24) is 4.90 Å². The Morgan fingerprint density at radius 2 is 2.21 bits per heavy atom. The molecular formula is C13H16F2N2O2. The number of hydrogen-bond donors (Lipinski definition) is 1. The minimum Gasteiger partial charge on any atom is -0.435 e. The molecule has 1 aromatic rings. The van der Waals surface area contributed by atoms with Crippen LogP contribution in [0, 0.1) is 0 Å². The van der Waals surface area contributed by atoms with Gasteiger partial charge in [0.15, 0.2) is 0 Å². The number of benzene rings is 1. The fourth-order valence-corrected chi connectivity index (χ4v) is 2.07. The van der Waals surface area contributed by atoms with Crippen molar-refractivity contribution in [3.8, 4) is 5.75 Å². The lowest BCUT2D eigenvalue weighted by Crippen LogP contribution is -2.68. The number of ether oxygens (including phenoxy) is 1. The predicted molar refractivity (Wildman–Crippen MR) is 66.2 cm³/mol. The molecule has 2 N–H and O–H groups in total. The van der Waals surface area contributed by atoms with Crippen molar-refractivity contribution in [3.63, 3.8) is 0 Å². The summed E-state index contributed by atoms with van der Waals surface area (Å²) < 4.78 is 28.5. The lowest BCUT2D eigenvalue weighted by molar-refractivity contribution is -0.0499. The monoisotopic (exact) mass is 270 g/mol. The number of carbonyl (C=O) groups is 1. The van der Waals surface area contributed by atoms with Crippen LogP contribution in [0.15, 0.2) is 24.3 Å². The van der Waals surface area contributed by atoms with Crippen LogP contribution in [0.2, 0.25) is 0 Å². The zero-order valence-electron chi connectivity index (χ0n) is 10.6. The van der Waals surface area contributed by atoms with Gasteiger partial charge in [0, 0.05) is 18.7 Å². The van der Waals surface area contributed by atoms with E-state index in [2.05, 4.69) is 4.74 Å². The van der Waals surface area contributed by atoms with Crippen molar-refractivity contribution in [1.29, 1.82) is 0 Å². The number of halogens is 2. The molecule has 0 saturated carbocycles. The zero-order valence-corrected chi connectivity index (χ0v) is 10.6. The van der Waals surface area contributed by atoms with E-state index in [0.717, 1.165) is 6.42 Å². The summed E-state index contributed by atoms with van der Waals surface area (Å²) in [4.78, 5) is 13.7. The first-order valence-corrected chi connectivity index (χ1v) is 6.06. The first-order valence-electron chi connectivity index (χ1n) is 6.06. The van der Waals surface area contributed by atoms with Crippen molar-refractivity contribution in [3.05, 3.63) is 29.8 Å². The smallest absolute Gasteiger partial charge is 0.387 e. The molecule has 0 aromatic heterocycles. The molecule has 0 atom stereocenters. The maximum atomic E-state index is 12.1. The van der Waals surface area contributed by atoms with Gasteiger partial charge in [0.1, 0.15) is 5.75 Å². The van der Waals surface area contributed by atoms with Crippen molar-refractivity contribution in [2.24, 2.45) is 5.73 Å². The molecule has 19 heavy (non-hydrogen) atoms. The van der Waals surface area contributed by atoms with Gasteiger partial charge in [-0.1, -0.05) is 13.0 Å². The number of rotatable bonds is 4. The van der Waals surface area contributed by atoms with E-state index in [0.29, 0.717) is 18.7 Å². The van der Waals surface area contributed by atoms with Crippen LogP contribution in [0.3, 0.4) is 0 Å². The Hall–Kier alpha value is -1.69. The Balaban J connectivity index is 2.04. The highest BCUT2D eigenvalue weighted by atomic mass is 19.3. The topological polar surface area (TPSA) is 55.6 Å². The minimum absolute atomic E-state index is 0.0177. The highest BCUT2D eigenvalue weighted by Gasteiger charge is 2.40. The third-order valence-electron chi connectivity index (χ3n) is 3.31. The maximum absolute atomic E-state index is 12.1. The summed E-state index contributed by atoms with van der Waals surface area (Å²) in [7, 11) is 0. The van der Waals surface area contributed by atoms with Gasteiger partial charge in [-0.25, -0.2) is 0 Å². The number of alkyl halides is 2. The number of nitrogens with zero attached hydrogens (tertiary/aromatic N) is 1. The summed E-state index contributed by atoms with van der Waals surface area (Å²) in [5.41, 5.74) is 6.00. The quantitative estimate of drug-likeness (QED) is 0.908. The van der Waals surface area contributed by atoms with Crippen LogP contribution in [0.4, 0.5) is 8.78 Å². The zero-order chi connectivity index (χ0) is 14.0. The first-order chi connectivity index (χ1) is 8.93. The average Bonchev–Trinajstić information content (AvgIpc) is 2.33. The highest BCUT2D eigenvalue weighted by molar-refractivity contribution is 5.95. The van der Waals surface area contributed by atoms with Crippen molar-refractivity contribution < 1.29 is 18.3 Å². The van der Waals surface area contributed by atoms with Crippen molar-refractivity contribution >= 4 is 5.91 Å². The summed E-state index contributed by atoms with van der Waals surface area (Å²) in [6, 6.07) is 5.79. The standard InChI is InChI=1S/C13H16F2N2O2/c1-2-13(16)7-17(8-13)11(18)9-4-3-5-10(6-9)19-12(14)15/h3-6,12H,2,7-8,16H2,1H3. The Morgan fingerprint density at radius 3 is 2.79 bits per heavy atom. The number of likely N-dealkylation sites (tertiary alicyclic amines) is 1. The molecule has 1 saturated heterocycles. The predicted octanol–water partition coefficient (Wildman–Crippen LogP) is 1.85. The van der Waals surface area contributed by atoms with E-state index in [1.54, 1.807) is 11.0 Å². The van der Waals surface area contributed by atoms with E-state index in [1.807, 2.05) is 6.92 Å². The van der Waals surface area contributed by atoms with Crippen LogP contribution in [0.1, 0.15) is 23.7 Å². The summed E-state index contributed by atoms with van der Waals surface area (Å²) >= 11 is 0. The van der Waals surface area contributed by atoms with Crippen LogP contribution in [-0.2, 0) is 0 Å². The molecule has 4 nitrogen and oxygen atoms in total. The van der Waals surface area contributed by atoms with Gasteiger partial charge in [0.25, 0.3) is 5.91 Å². The van der Waals surface area contributed by atoms with Crippen LogP contribution < -0.4 is 10.5 Å². The normalized spacial score (nSPS) is 17.2. The molecule has 0 unspecified atom stereocenters. The van der Waals surface area contributed by atoms with E-state index < -0.39 is 6.61 Å². The second-order valence-electron chi connectivity index (χ2n) is 4.78. The minimum atomic E-state index is -2.90. The molecule has 1 heterocycles. The highest BCUT2D eigenvalue weighted by Crippen LogP contribution is 2.25. The van der Waals surface area contributed by atoms with Gasteiger partial charge in [-0.2, -0.15) is 8.78 Å². The lowest BCUT2D eigenvalue weighted by Gasteiger charge is -2.47. The third-order valence-corrected chi connectivity index (χ3v) is 3.31. The number of nitrogens with two attached hydrogens (primary N) is 1. The van der Waals surface area contributed by atoms with Crippen molar-refractivity contribution in [2.45, 2.75) is 25.5 Å². The van der Waals surface area contributed by atoms with Gasteiger partial charge in [-0.3, -0.25) is 4.79 Å². The molecule has 1 aliphatic rings. The third kappa shape index (κ3) is 3.01. The Kier molecular flexibility index (Phi) is 3.71. The molecule has 1 aromatic carbocycles. The van der Waals surface area contributed by atoms with Crippen LogP contribution in [0.5, 0.6) is 5.75 Å². The molecule has 0 aliphatic carbocycles. The second kappa shape index (κ2) is 5.13. The lowest BCUT2D eigenvalue weighted by atomic mass is 9.88. The fourth-order valence-electron chi connectivity index (χ4n) is 2.07. The van der Waals surface area contributed by atoms with E-state index in [-0.39, 0.29) is 17.2 Å². The number of amides is 1.